The second-order valence-corrected chi connectivity index (χ2v) is 4.70. The van der Waals surface area contributed by atoms with Crippen molar-refractivity contribution in [1.29, 1.82) is 0 Å². The van der Waals surface area contributed by atoms with Crippen molar-refractivity contribution in [3.05, 3.63) is 30.7 Å². The van der Waals surface area contributed by atoms with E-state index in [1.807, 2.05) is 16.9 Å². The Labute approximate surface area is 109 Å². The van der Waals surface area contributed by atoms with Crippen molar-refractivity contribution in [2.24, 2.45) is 0 Å². The Morgan fingerprint density at radius 2 is 2.26 bits per heavy atom. The highest BCUT2D eigenvalue weighted by atomic mass is 15.3. The molecule has 7 heteroatoms. The minimum atomic E-state index is 0.321. The summed E-state index contributed by atoms with van der Waals surface area (Å²) in [5.74, 6) is 1.94. The molecule has 0 amide bonds. The molecule has 3 aromatic rings. The summed E-state index contributed by atoms with van der Waals surface area (Å²) in [6.45, 7) is 0.825. The fourth-order valence-electron chi connectivity index (χ4n) is 2.54. The van der Waals surface area contributed by atoms with E-state index in [1.54, 1.807) is 12.7 Å². The zero-order valence-corrected chi connectivity index (χ0v) is 10.2. The minimum absolute atomic E-state index is 0.321. The van der Waals surface area contributed by atoms with Gasteiger partial charge in [-0.2, -0.15) is 5.10 Å². The van der Waals surface area contributed by atoms with Gasteiger partial charge < -0.3 is 10.3 Å². The summed E-state index contributed by atoms with van der Waals surface area (Å²) in [7, 11) is 0. The number of nitrogens with one attached hydrogen (secondary N) is 2. The zero-order valence-electron chi connectivity index (χ0n) is 10.2. The van der Waals surface area contributed by atoms with Crippen LogP contribution in [0.4, 0.5) is 5.82 Å². The van der Waals surface area contributed by atoms with Crippen molar-refractivity contribution < 1.29 is 0 Å². The van der Waals surface area contributed by atoms with E-state index in [2.05, 4.69) is 30.4 Å². The van der Waals surface area contributed by atoms with Crippen LogP contribution in [0.2, 0.25) is 0 Å². The molecule has 0 bridgehead atoms. The van der Waals surface area contributed by atoms with Crippen molar-refractivity contribution in [1.82, 2.24) is 29.7 Å². The van der Waals surface area contributed by atoms with E-state index >= 15 is 0 Å². The number of hydrogen-bond acceptors (Lipinski definition) is 5. The molecule has 0 radical (unpaired) electrons. The van der Waals surface area contributed by atoms with Crippen LogP contribution in [0.15, 0.2) is 24.9 Å². The number of nitrogens with zero attached hydrogens (tertiary/aromatic N) is 5. The normalized spacial score (nSPS) is 18.4. The lowest BCUT2D eigenvalue weighted by Gasteiger charge is -2.24. The SMILES string of the molecule is c1nc(N[C@@H]2CCc3ncnn3C2)c2cc[nH]c2n1. The van der Waals surface area contributed by atoms with Crippen molar-refractivity contribution in [3.63, 3.8) is 0 Å². The summed E-state index contributed by atoms with van der Waals surface area (Å²) >= 11 is 0. The number of aromatic amines is 1. The molecule has 0 fully saturated rings. The first-order valence-corrected chi connectivity index (χ1v) is 6.31. The van der Waals surface area contributed by atoms with Crippen LogP contribution in [0, 0.1) is 0 Å². The van der Waals surface area contributed by atoms with Gasteiger partial charge in [0, 0.05) is 18.7 Å². The van der Waals surface area contributed by atoms with Gasteiger partial charge in [-0.05, 0) is 12.5 Å². The predicted octanol–water partition coefficient (Wildman–Crippen LogP) is 0.976. The van der Waals surface area contributed by atoms with Crippen molar-refractivity contribution in [3.8, 4) is 0 Å². The molecule has 3 aromatic heterocycles. The van der Waals surface area contributed by atoms with Gasteiger partial charge in [-0.25, -0.2) is 19.6 Å². The highest BCUT2D eigenvalue weighted by molar-refractivity contribution is 5.86. The quantitative estimate of drug-likeness (QED) is 0.713. The minimum Gasteiger partial charge on any atom is -0.365 e. The van der Waals surface area contributed by atoms with Gasteiger partial charge in [-0.3, -0.25) is 0 Å². The molecule has 0 spiro atoms. The van der Waals surface area contributed by atoms with Gasteiger partial charge in [0.2, 0.25) is 0 Å². The molecule has 0 saturated heterocycles. The molecule has 1 aliphatic rings. The highest BCUT2D eigenvalue weighted by Crippen LogP contribution is 2.21. The van der Waals surface area contributed by atoms with Crippen LogP contribution in [-0.4, -0.2) is 35.8 Å². The summed E-state index contributed by atoms with van der Waals surface area (Å²) in [6.07, 6.45) is 7.05. The van der Waals surface area contributed by atoms with E-state index in [9.17, 15) is 0 Å². The molecular formula is C12H13N7. The second kappa shape index (κ2) is 4.04. The molecule has 0 saturated carbocycles. The third-order valence-electron chi connectivity index (χ3n) is 3.50. The Hall–Kier alpha value is -2.44. The fraction of sp³-hybridized carbons (Fsp3) is 0.333. The first-order chi connectivity index (χ1) is 9.40. The molecule has 0 aliphatic carbocycles. The molecule has 7 nitrogen and oxygen atoms in total. The number of aromatic nitrogens is 6. The molecule has 0 unspecified atom stereocenters. The number of fused-ring (bicyclic) bond motifs is 2. The summed E-state index contributed by atoms with van der Waals surface area (Å²) in [4.78, 5) is 15.8. The lowest BCUT2D eigenvalue weighted by molar-refractivity contribution is 0.441. The summed E-state index contributed by atoms with van der Waals surface area (Å²) in [5.41, 5.74) is 0.856. The number of rotatable bonds is 2. The number of H-pyrrole nitrogens is 1. The van der Waals surface area contributed by atoms with Crippen LogP contribution in [0.25, 0.3) is 11.0 Å². The van der Waals surface area contributed by atoms with Crippen molar-refractivity contribution >= 4 is 16.9 Å². The Kier molecular flexibility index (Phi) is 2.23. The molecule has 2 N–H and O–H groups in total. The van der Waals surface area contributed by atoms with Crippen LogP contribution < -0.4 is 5.32 Å². The average Bonchev–Trinajstić information content (AvgIpc) is 3.06. The fourth-order valence-corrected chi connectivity index (χ4v) is 2.54. The summed E-state index contributed by atoms with van der Waals surface area (Å²) in [5, 5.41) is 8.73. The third-order valence-corrected chi connectivity index (χ3v) is 3.50. The van der Waals surface area contributed by atoms with Gasteiger partial charge in [0.1, 0.15) is 29.9 Å². The molecule has 96 valence electrons. The molecule has 1 aliphatic heterocycles. The Bertz CT molecular complexity index is 714. The Morgan fingerprint density at radius 1 is 1.26 bits per heavy atom. The van der Waals surface area contributed by atoms with Crippen molar-refractivity contribution in [2.75, 3.05) is 5.32 Å². The average molecular weight is 255 g/mol. The maximum absolute atomic E-state index is 4.33. The Balaban J connectivity index is 1.61. The van der Waals surface area contributed by atoms with Crippen LogP contribution in [0.1, 0.15) is 12.2 Å². The van der Waals surface area contributed by atoms with Crippen LogP contribution in [0.5, 0.6) is 0 Å². The van der Waals surface area contributed by atoms with E-state index in [0.717, 1.165) is 42.1 Å². The summed E-state index contributed by atoms with van der Waals surface area (Å²) in [6, 6.07) is 2.31. The highest BCUT2D eigenvalue weighted by Gasteiger charge is 2.20. The topological polar surface area (TPSA) is 84.3 Å². The zero-order chi connectivity index (χ0) is 12.7. The number of hydrogen-bond donors (Lipinski definition) is 2. The molecule has 19 heavy (non-hydrogen) atoms. The smallest absolute Gasteiger partial charge is 0.142 e. The molecular weight excluding hydrogens is 242 g/mol. The van der Waals surface area contributed by atoms with Gasteiger partial charge in [-0.15, -0.1) is 0 Å². The number of aryl methyl sites for hydroxylation is 1. The van der Waals surface area contributed by atoms with E-state index in [-0.39, 0.29) is 0 Å². The van der Waals surface area contributed by atoms with Gasteiger partial charge in [0.25, 0.3) is 0 Å². The summed E-state index contributed by atoms with van der Waals surface area (Å²) < 4.78 is 1.96. The van der Waals surface area contributed by atoms with Gasteiger partial charge in [0.05, 0.1) is 11.9 Å². The molecule has 0 aromatic carbocycles. The van der Waals surface area contributed by atoms with E-state index < -0.39 is 0 Å². The first kappa shape index (κ1) is 10.5. The lowest BCUT2D eigenvalue weighted by Crippen LogP contribution is -2.32. The van der Waals surface area contributed by atoms with Crippen LogP contribution in [0.3, 0.4) is 0 Å². The Morgan fingerprint density at radius 3 is 3.26 bits per heavy atom. The van der Waals surface area contributed by atoms with Gasteiger partial charge in [-0.1, -0.05) is 0 Å². The largest absolute Gasteiger partial charge is 0.365 e. The van der Waals surface area contributed by atoms with Crippen LogP contribution in [-0.2, 0) is 13.0 Å². The van der Waals surface area contributed by atoms with Gasteiger partial charge >= 0.3 is 0 Å². The van der Waals surface area contributed by atoms with E-state index in [1.165, 1.54) is 0 Å². The third kappa shape index (κ3) is 1.74. The van der Waals surface area contributed by atoms with Crippen LogP contribution >= 0.6 is 0 Å². The maximum Gasteiger partial charge on any atom is 0.142 e. The van der Waals surface area contributed by atoms with Crippen molar-refractivity contribution in [2.45, 2.75) is 25.4 Å². The molecule has 1 atom stereocenters. The second-order valence-electron chi connectivity index (χ2n) is 4.70. The standard InChI is InChI=1S/C12H13N7/c1-2-10-14-7-17-19(10)5-8(1)18-12-9-3-4-13-11(9)15-6-16-12/h3-4,6-8H,1-2,5H2,(H2,13,15,16,18)/t8-/m1/s1. The molecule has 4 heterocycles. The monoisotopic (exact) mass is 255 g/mol. The lowest BCUT2D eigenvalue weighted by atomic mass is 10.1. The number of anilines is 1. The predicted molar refractivity (Wildman–Crippen MR) is 69.6 cm³/mol. The molecule has 4 rings (SSSR count). The van der Waals surface area contributed by atoms with Gasteiger partial charge in [0.15, 0.2) is 0 Å². The first-order valence-electron chi connectivity index (χ1n) is 6.31. The van der Waals surface area contributed by atoms with E-state index in [4.69, 9.17) is 0 Å². The van der Waals surface area contributed by atoms with E-state index in [0.29, 0.717) is 6.04 Å². The maximum atomic E-state index is 4.33.